The number of alkyl halides is 1. The summed E-state index contributed by atoms with van der Waals surface area (Å²) in [7, 11) is -3.01. The van der Waals surface area contributed by atoms with E-state index in [0.717, 1.165) is 11.1 Å². The predicted molar refractivity (Wildman–Crippen MR) is 74.6 cm³/mol. The molecule has 0 aromatic heterocycles. The molecule has 1 heterocycles. The summed E-state index contributed by atoms with van der Waals surface area (Å²) in [6, 6.07) is 7.64. The molecule has 1 unspecified atom stereocenters. The summed E-state index contributed by atoms with van der Waals surface area (Å²) in [4.78, 5) is 11.9. The molecule has 1 aromatic rings. The van der Waals surface area contributed by atoms with E-state index < -0.39 is 15.8 Å². The van der Waals surface area contributed by atoms with Crippen molar-refractivity contribution < 1.29 is 13.2 Å². The highest BCUT2D eigenvalue weighted by atomic mass is 35.5. The van der Waals surface area contributed by atoms with Gasteiger partial charge in [0, 0.05) is 12.4 Å². The maximum Gasteiger partial charge on any atom is 0.224 e. The quantitative estimate of drug-likeness (QED) is 0.857. The van der Waals surface area contributed by atoms with Crippen LogP contribution in [0.1, 0.15) is 17.5 Å². The number of sulfone groups is 1. The molecule has 1 aliphatic rings. The van der Waals surface area contributed by atoms with E-state index in [0.29, 0.717) is 18.8 Å². The number of hydrogen-bond acceptors (Lipinski definition) is 3. The van der Waals surface area contributed by atoms with Crippen LogP contribution in [-0.4, -0.2) is 25.8 Å². The number of halogens is 1. The van der Waals surface area contributed by atoms with Crippen LogP contribution < -0.4 is 5.32 Å². The summed E-state index contributed by atoms with van der Waals surface area (Å²) in [6.07, 6.45) is 0.426. The summed E-state index contributed by atoms with van der Waals surface area (Å²) in [5.41, 5.74) is 1.96. The average molecular weight is 302 g/mol. The van der Waals surface area contributed by atoms with Crippen LogP contribution in [0.25, 0.3) is 0 Å². The van der Waals surface area contributed by atoms with Crippen LogP contribution in [0.2, 0.25) is 0 Å². The van der Waals surface area contributed by atoms with Crippen molar-refractivity contribution in [2.45, 2.75) is 18.8 Å². The van der Waals surface area contributed by atoms with Gasteiger partial charge in [-0.1, -0.05) is 24.3 Å². The largest absolute Gasteiger partial charge is 0.352 e. The van der Waals surface area contributed by atoms with E-state index in [-0.39, 0.29) is 17.4 Å². The Morgan fingerprint density at radius 3 is 2.74 bits per heavy atom. The van der Waals surface area contributed by atoms with E-state index >= 15 is 0 Å². The van der Waals surface area contributed by atoms with Gasteiger partial charge in [-0.15, -0.1) is 11.6 Å². The molecule has 0 aliphatic carbocycles. The molecule has 4 nitrogen and oxygen atoms in total. The zero-order valence-electron chi connectivity index (χ0n) is 10.4. The molecule has 6 heteroatoms. The number of amides is 1. The Morgan fingerprint density at radius 2 is 2.11 bits per heavy atom. The second kappa shape index (κ2) is 5.92. The van der Waals surface area contributed by atoms with Crippen molar-refractivity contribution in [3.05, 3.63) is 35.4 Å². The van der Waals surface area contributed by atoms with E-state index in [1.165, 1.54) is 0 Å². The predicted octanol–water partition coefficient (Wildman–Crippen LogP) is 1.48. The number of carbonyl (C=O) groups is 1. The first-order valence-electron chi connectivity index (χ1n) is 6.12. The molecular formula is C13H16ClNO3S. The highest BCUT2D eigenvalue weighted by Crippen LogP contribution is 2.18. The van der Waals surface area contributed by atoms with Crippen molar-refractivity contribution in [2.24, 2.45) is 5.92 Å². The molecule has 19 heavy (non-hydrogen) atoms. The van der Waals surface area contributed by atoms with Crippen LogP contribution in [0.4, 0.5) is 0 Å². The summed E-state index contributed by atoms with van der Waals surface area (Å²) >= 11 is 5.74. The van der Waals surface area contributed by atoms with Crippen molar-refractivity contribution in [2.75, 3.05) is 11.5 Å². The van der Waals surface area contributed by atoms with Crippen LogP contribution >= 0.6 is 11.6 Å². The highest BCUT2D eigenvalue weighted by Gasteiger charge is 2.32. The van der Waals surface area contributed by atoms with Gasteiger partial charge in [-0.05, 0) is 17.5 Å². The van der Waals surface area contributed by atoms with Crippen LogP contribution in [0.3, 0.4) is 0 Å². The maximum absolute atomic E-state index is 11.9. The van der Waals surface area contributed by atoms with Crippen LogP contribution in [0.15, 0.2) is 24.3 Å². The lowest BCUT2D eigenvalue weighted by Gasteiger charge is -2.10. The average Bonchev–Trinajstić information content (AvgIpc) is 2.76. The molecule has 1 atom stereocenters. The number of benzene rings is 1. The lowest BCUT2D eigenvalue weighted by atomic mass is 10.1. The second-order valence-electron chi connectivity index (χ2n) is 4.77. The number of rotatable bonds is 4. The van der Waals surface area contributed by atoms with E-state index in [1.807, 2.05) is 24.3 Å². The Bertz CT molecular complexity index is 571. The number of nitrogens with one attached hydrogen (secondary N) is 1. The fourth-order valence-corrected chi connectivity index (χ4v) is 4.07. The van der Waals surface area contributed by atoms with E-state index in [9.17, 15) is 13.2 Å². The van der Waals surface area contributed by atoms with Gasteiger partial charge in [0.2, 0.25) is 5.91 Å². The third-order valence-corrected chi connectivity index (χ3v) is 5.29. The molecule has 2 rings (SSSR count). The van der Waals surface area contributed by atoms with Crippen molar-refractivity contribution >= 4 is 27.3 Å². The van der Waals surface area contributed by atoms with Crippen molar-refractivity contribution in [3.63, 3.8) is 0 Å². The summed E-state index contributed by atoms with van der Waals surface area (Å²) in [6.45, 7) is 0.403. The Labute approximate surface area is 118 Å². The van der Waals surface area contributed by atoms with Crippen molar-refractivity contribution in [3.8, 4) is 0 Å². The molecular weight excluding hydrogens is 286 g/mol. The smallest absolute Gasteiger partial charge is 0.224 e. The van der Waals surface area contributed by atoms with Gasteiger partial charge in [0.05, 0.1) is 17.4 Å². The minimum atomic E-state index is -3.01. The van der Waals surface area contributed by atoms with Crippen molar-refractivity contribution in [1.29, 1.82) is 0 Å². The van der Waals surface area contributed by atoms with Gasteiger partial charge in [0.25, 0.3) is 0 Å². The van der Waals surface area contributed by atoms with E-state index in [4.69, 9.17) is 11.6 Å². The molecule has 1 saturated heterocycles. The number of carbonyl (C=O) groups excluding carboxylic acids is 1. The molecule has 104 valence electrons. The van der Waals surface area contributed by atoms with E-state index in [2.05, 4.69) is 5.32 Å². The minimum absolute atomic E-state index is 0.0272. The molecule has 0 spiro atoms. The maximum atomic E-state index is 11.9. The molecule has 1 fully saturated rings. The first-order valence-corrected chi connectivity index (χ1v) is 8.48. The SMILES string of the molecule is O=C(NCc1cccc(CCl)c1)C1CCS(=O)(=O)C1. The third kappa shape index (κ3) is 3.94. The van der Waals surface area contributed by atoms with Gasteiger partial charge in [0.15, 0.2) is 9.84 Å². The fourth-order valence-electron chi connectivity index (χ4n) is 2.16. The monoisotopic (exact) mass is 301 g/mol. The second-order valence-corrected chi connectivity index (χ2v) is 7.27. The van der Waals surface area contributed by atoms with Gasteiger partial charge >= 0.3 is 0 Å². The van der Waals surface area contributed by atoms with Gasteiger partial charge in [-0.25, -0.2) is 8.42 Å². The topological polar surface area (TPSA) is 63.2 Å². The highest BCUT2D eigenvalue weighted by molar-refractivity contribution is 7.91. The molecule has 0 bridgehead atoms. The first-order chi connectivity index (χ1) is 9.00. The van der Waals surface area contributed by atoms with Crippen LogP contribution in [-0.2, 0) is 27.1 Å². The molecule has 1 amide bonds. The number of hydrogen-bond donors (Lipinski definition) is 1. The zero-order valence-corrected chi connectivity index (χ0v) is 12.0. The van der Waals surface area contributed by atoms with Gasteiger partial charge in [-0.3, -0.25) is 4.79 Å². The summed E-state index contributed by atoms with van der Waals surface area (Å²) in [5, 5.41) is 2.78. The van der Waals surface area contributed by atoms with Crippen LogP contribution in [0, 0.1) is 5.92 Å². The zero-order chi connectivity index (χ0) is 13.9. The molecule has 1 aromatic carbocycles. The molecule has 0 radical (unpaired) electrons. The first kappa shape index (κ1) is 14.3. The normalized spacial score (nSPS) is 21.2. The van der Waals surface area contributed by atoms with Crippen LogP contribution in [0.5, 0.6) is 0 Å². The lowest BCUT2D eigenvalue weighted by molar-refractivity contribution is -0.124. The molecule has 1 N–H and O–H groups in total. The standard InChI is InChI=1S/C13H16ClNO3S/c14-7-10-2-1-3-11(6-10)8-15-13(16)12-4-5-19(17,18)9-12/h1-3,6,12H,4-5,7-9H2,(H,15,16). The molecule has 1 aliphatic heterocycles. The Morgan fingerprint density at radius 1 is 1.37 bits per heavy atom. The molecule has 0 saturated carbocycles. The Balaban J connectivity index is 1.90. The van der Waals surface area contributed by atoms with Crippen molar-refractivity contribution in [1.82, 2.24) is 5.32 Å². The van der Waals surface area contributed by atoms with E-state index in [1.54, 1.807) is 0 Å². The lowest BCUT2D eigenvalue weighted by Crippen LogP contribution is -2.30. The Hall–Kier alpha value is -1.07. The van der Waals surface area contributed by atoms with Gasteiger partial charge in [0.1, 0.15) is 0 Å². The summed E-state index contributed by atoms with van der Waals surface area (Å²) in [5.74, 6) is -0.0608. The minimum Gasteiger partial charge on any atom is -0.352 e. The fraction of sp³-hybridized carbons (Fsp3) is 0.462. The van der Waals surface area contributed by atoms with Gasteiger partial charge in [-0.2, -0.15) is 0 Å². The Kier molecular flexibility index (Phi) is 4.47. The van der Waals surface area contributed by atoms with Gasteiger partial charge < -0.3 is 5.32 Å². The summed E-state index contributed by atoms with van der Waals surface area (Å²) < 4.78 is 22.6. The third-order valence-electron chi connectivity index (χ3n) is 3.22.